The van der Waals surface area contributed by atoms with Crippen molar-refractivity contribution in [2.24, 2.45) is 7.05 Å². The van der Waals surface area contributed by atoms with Crippen molar-refractivity contribution >= 4 is 22.6 Å². The molecule has 0 saturated heterocycles. The Morgan fingerprint density at radius 1 is 1.03 bits per heavy atom. The van der Waals surface area contributed by atoms with Gasteiger partial charge in [0.1, 0.15) is 0 Å². The molecular weight excluding hydrogens is 370 g/mol. The second-order valence-electron chi connectivity index (χ2n) is 7.15. The van der Waals surface area contributed by atoms with Crippen LogP contribution in [-0.2, 0) is 29.5 Å². The topological polar surface area (TPSA) is 81.5 Å². The third-order valence-electron chi connectivity index (χ3n) is 5.22. The van der Waals surface area contributed by atoms with Crippen LogP contribution in [0.4, 0.5) is 0 Å². The van der Waals surface area contributed by atoms with E-state index in [-0.39, 0.29) is 17.2 Å². The summed E-state index contributed by atoms with van der Waals surface area (Å²) in [5.41, 5.74) is 2.07. The van der Waals surface area contributed by atoms with Crippen molar-refractivity contribution in [2.45, 2.75) is 26.0 Å². The fourth-order valence-electron chi connectivity index (χ4n) is 3.66. The molecule has 29 heavy (non-hydrogen) atoms. The van der Waals surface area contributed by atoms with Crippen LogP contribution in [0.3, 0.4) is 0 Å². The minimum atomic E-state index is -0.953. The zero-order valence-electron chi connectivity index (χ0n) is 16.3. The maximum Gasteiger partial charge on any atom is 0.360 e. The number of rotatable bonds is 3. The van der Waals surface area contributed by atoms with Crippen molar-refractivity contribution in [2.75, 3.05) is 6.54 Å². The summed E-state index contributed by atoms with van der Waals surface area (Å²) in [4.78, 5) is 39.5. The highest BCUT2D eigenvalue weighted by atomic mass is 16.5. The second-order valence-corrected chi connectivity index (χ2v) is 7.15. The molecule has 0 unspecified atom stereocenters. The predicted molar refractivity (Wildman–Crippen MR) is 107 cm³/mol. The third-order valence-corrected chi connectivity index (χ3v) is 5.22. The summed E-state index contributed by atoms with van der Waals surface area (Å²) in [6.45, 7) is 2.64. The van der Waals surface area contributed by atoms with Crippen LogP contribution in [0.1, 0.15) is 28.5 Å². The highest BCUT2D eigenvalue weighted by Crippen LogP contribution is 2.20. The molecule has 2 aromatic carbocycles. The number of aromatic nitrogens is 2. The number of carbonyl (C=O) groups excluding carboxylic acids is 2. The molecule has 1 atom stereocenters. The number of ether oxygens (including phenoxy) is 1. The zero-order chi connectivity index (χ0) is 20.5. The summed E-state index contributed by atoms with van der Waals surface area (Å²) in [6, 6.07) is 14.7. The van der Waals surface area contributed by atoms with E-state index in [1.165, 1.54) is 12.6 Å². The van der Waals surface area contributed by atoms with Crippen LogP contribution in [0.25, 0.3) is 10.8 Å². The van der Waals surface area contributed by atoms with Gasteiger partial charge in [0, 0.05) is 25.5 Å². The Labute approximate surface area is 167 Å². The van der Waals surface area contributed by atoms with E-state index in [9.17, 15) is 14.4 Å². The maximum absolute atomic E-state index is 12.8. The Kier molecular flexibility index (Phi) is 4.88. The fraction of sp³-hybridized carbons (Fsp3) is 0.273. The van der Waals surface area contributed by atoms with Gasteiger partial charge in [0.05, 0.1) is 5.39 Å². The molecule has 148 valence electrons. The summed E-state index contributed by atoms with van der Waals surface area (Å²) in [5.74, 6) is -0.975. The number of carbonyl (C=O) groups is 2. The Morgan fingerprint density at radius 3 is 2.45 bits per heavy atom. The summed E-state index contributed by atoms with van der Waals surface area (Å²) in [5, 5.41) is 4.85. The number of benzene rings is 2. The Bertz CT molecular complexity index is 1170. The smallest absolute Gasteiger partial charge is 0.360 e. The lowest BCUT2D eigenvalue weighted by Gasteiger charge is -2.30. The molecule has 4 rings (SSSR count). The van der Waals surface area contributed by atoms with Crippen LogP contribution in [0.15, 0.2) is 53.3 Å². The zero-order valence-corrected chi connectivity index (χ0v) is 16.3. The van der Waals surface area contributed by atoms with Crippen LogP contribution >= 0.6 is 0 Å². The number of esters is 1. The van der Waals surface area contributed by atoms with Gasteiger partial charge in [0.15, 0.2) is 11.8 Å². The van der Waals surface area contributed by atoms with E-state index < -0.39 is 12.1 Å². The average Bonchev–Trinajstić information content (AvgIpc) is 2.75. The highest BCUT2D eigenvalue weighted by molar-refractivity contribution is 6.02. The van der Waals surface area contributed by atoms with Crippen LogP contribution in [-0.4, -0.2) is 39.2 Å². The molecule has 3 aromatic rings. The molecule has 1 aliphatic rings. The first kappa shape index (κ1) is 18.9. The molecule has 2 heterocycles. The molecule has 7 nitrogen and oxygen atoms in total. The van der Waals surface area contributed by atoms with E-state index in [1.54, 1.807) is 36.1 Å². The van der Waals surface area contributed by atoms with Crippen molar-refractivity contribution in [3.05, 3.63) is 75.7 Å². The molecule has 0 spiro atoms. The molecule has 1 aromatic heterocycles. The van der Waals surface area contributed by atoms with Gasteiger partial charge in [0.2, 0.25) is 0 Å². The predicted octanol–water partition coefficient (Wildman–Crippen LogP) is 2.06. The monoisotopic (exact) mass is 391 g/mol. The molecule has 1 aliphatic heterocycles. The summed E-state index contributed by atoms with van der Waals surface area (Å²) < 4.78 is 6.54. The largest absolute Gasteiger partial charge is 0.448 e. The number of nitrogens with zero attached hydrogens (tertiary/aromatic N) is 3. The SMILES string of the molecule is C[C@H](OC(=O)c1nn(C)c(=O)c2ccccc12)C(=O)N1CCc2ccccc2C1. The van der Waals surface area contributed by atoms with Gasteiger partial charge in [-0.1, -0.05) is 42.5 Å². The average molecular weight is 391 g/mol. The standard InChI is InChI=1S/C22H21N3O4/c1-14(20(26)25-12-11-15-7-3-4-8-16(15)13-25)29-22(28)19-17-9-5-6-10-18(17)21(27)24(2)23-19/h3-10,14H,11-13H2,1-2H3/t14-/m0/s1. The molecule has 0 N–H and O–H groups in total. The highest BCUT2D eigenvalue weighted by Gasteiger charge is 2.28. The van der Waals surface area contributed by atoms with E-state index in [0.29, 0.717) is 23.9 Å². The minimum absolute atomic E-state index is 0.0198. The molecular formula is C22H21N3O4. The minimum Gasteiger partial charge on any atom is -0.448 e. The van der Waals surface area contributed by atoms with Gasteiger partial charge >= 0.3 is 5.97 Å². The van der Waals surface area contributed by atoms with E-state index in [1.807, 2.05) is 18.2 Å². The second kappa shape index (κ2) is 7.50. The Balaban J connectivity index is 1.53. The van der Waals surface area contributed by atoms with Crippen molar-refractivity contribution in [3.63, 3.8) is 0 Å². The number of hydrogen-bond donors (Lipinski definition) is 0. The number of hydrogen-bond acceptors (Lipinski definition) is 5. The number of amides is 1. The molecule has 7 heteroatoms. The van der Waals surface area contributed by atoms with Crippen molar-refractivity contribution in [1.29, 1.82) is 0 Å². The third kappa shape index (κ3) is 3.51. The molecule has 0 fully saturated rings. The number of aryl methyl sites for hydroxylation is 1. The first-order valence-corrected chi connectivity index (χ1v) is 9.48. The molecule has 0 aliphatic carbocycles. The van der Waals surface area contributed by atoms with Crippen LogP contribution in [0.5, 0.6) is 0 Å². The summed E-state index contributed by atoms with van der Waals surface area (Å²) in [7, 11) is 1.48. The maximum atomic E-state index is 12.8. The van der Waals surface area contributed by atoms with Gasteiger partial charge in [-0.2, -0.15) is 5.10 Å². The van der Waals surface area contributed by atoms with Crippen LogP contribution in [0.2, 0.25) is 0 Å². The number of fused-ring (bicyclic) bond motifs is 2. The first-order chi connectivity index (χ1) is 14.0. The van der Waals surface area contributed by atoms with E-state index >= 15 is 0 Å². The lowest BCUT2D eigenvalue weighted by atomic mass is 9.99. The summed E-state index contributed by atoms with van der Waals surface area (Å²) >= 11 is 0. The quantitative estimate of drug-likeness (QED) is 0.639. The Hall–Kier alpha value is -3.48. The van der Waals surface area contributed by atoms with E-state index in [2.05, 4.69) is 11.2 Å². The molecule has 0 bridgehead atoms. The summed E-state index contributed by atoms with van der Waals surface area (Å²) in [6.07, 6.45) is -0.180. The fourth-order valence-corrected chi connectivity index (χ4v) is 3.66. The van der Waals surface area contributed by atoms with Crippen molar-refractivity contribution in [3.8, 4) is 0 Å². The lowest BCUT2D eigenvalue weighted by Crippen LogP contribution is -2.42. The van der Waals surface area contributed by atoms with Gasteiger partial charge in [0.25, 0.3) is 11.5 Å². The van der Waals surface area contributed by atoms with E-state index in [0.717, 1.165) is 16.7 Å². The van der Waals surface area contributed by atoms with Gasteiger partial charge in [-0.3, -0.25) is 9.59 Å². The van der Waals surface area contributed by atoms with Gasteiger partial charge in [-0.05, 0) is 30.5 Å². The molecule has 0 saturated carbocycles. The van der Waals surface area contributed by atoms with Crippen LogP contribution < -0.4 is 5.56 Å². The normalized spacial score (nSPS) is 14.3. The van der Waals surface area contributed by atoms with Crippen LogP contribution in [0, 0.1) is 0 Å². The van der Waals surface area contributed by atoms with E-state index in [4.69, 9.17) is 4.74 Å². The van der Waals surface area contributed by atoms with Gasteiger partial charge < -0.3 is 9.64 Å². The van der Waals surface area contributed by atoms with Gasteiger partial charge in [-0.15, -0.1) is 0 Å². The molecule has 1 amide bonds. The molecule has 0 radical (unpaired) electrons. The van der Waals surface area contributed by atoms with Gasteiger partial charge in [-0.25, -0.2) is 9.48 Å². The Morgan fingerprint density at radius 2 is 1.69 bits per heavy atom. The van der Waals surface area contributed by atoms with Crippen molar-refractivity contribution in [1.82, 2.24) is 14.7 Å². The van der Waals surface area contributed by atoms with Crippen molar-refractivity contribution < 1.29 is 14.3 Å². The lowest BCUT2D eigenvalue weighted by molar-refractivity contribution is -0.140. The first-order valence-electron chi connectivity index (χ1n) is 9.48.